The van der Waals surface area contributed by atoms with Gasteiger partial charge in [-0.25, -0.2) is 0 Å². The molecule has 0 heterocycles. The monoisotopic (exact) mass is 415 g/mol. The van der Waals surface area contributed by atoms with Gasteiger partial charge in [-0.1, -0.05) is 30.3 Å². The van der Waals surface area contributed by atoms with E-state index in [1.807, 2.05) is 56.4 Å². The summed E-state index contributed by atoms with van der Waals surface area (Å²) in [6.07, 6.45) is 0. The van der Waals surface area contributed by atoms with Gasteiger partial charge in [0, 0.05) is 11.3 Å². The predicted octanol–water partition coefficient (Wildman–Crippen LogP) is 3.49. The molecule has 1 amide bonds. The number of methoxy groups -OCH3 is 1. The molecule has 0 fully saturated rings. The summed E-state index contributed by atoms with van der Waals surface area (Å²) in [7, 11) is 3.30. The van der Waals surface area contributed by atoms with Crippen molar-refractivity contribution in [2.24, 2.45) is 0 Å². The zero-order chi connectivity index (χ0) is 21.7. The second-order valence-electron chi connectivity index (χ2n) is 7.16. The van der Waals surface area contributed by atoms with E-state index in [4.69, 9.17) is 4.74 Å². The third-order valence-electron chi connectivity index (χ3n) is 5.08. The van der Waals surface area contributed by atoms with Gasteiger partial charge in [0.1, 0.15) is 6.54 Å². The number of likely N-dealkylation sites (N-methyl/N-ethyl adjacent to an activating group) is 1. The fourth-order valence-electron chi connectivity index (χ4n) is 3.23. The molecule has 0 spiro atoms. The number of benzene rings is 3. The van der Waals surface area contributed by atoms with Crippen molar-refractivity contribution in [1.29, 1.82) is 0 Å². The molecule has 3 aromatic carbocycles. The second-order valence-corrected chi connectivity index (χ2v) is 7.16. The van der Waals surface area contributed by atoms with Crippen LogP contribution in [0.3, 0.4) is 0 Å². The standard InChI is InChI=1S/C23H24F2N2O3/c1-15(22(28)26-19-10-9-17-6-4-5-7-18(17)13-19)27(2)14-16-8-11-20(30-23(24)25)21(12-16)29-3/h4-13,15,23H,14H2,1-3H3,(H,26,28)/p+1/t15-/m1/s1. The van der Waals surface area contributed by atoms with Crippen LogP contribution in [0.25, 0.3) is 10.8 Å². The highest BCUT2D eigenvalue weighted by Gasteiger charge is 2.23. The van der Waals surface area contributed by atoms with Crippen LogP contribution in [-0.4, -0.2) is 32.7 Å². The average molecular weight is 415 g/mol. The number of nitrogens with one attached hydrogen (secondary N) is 2. The number of amides is 1. The highest BCUT2D eigenvalue weighted by atomic mass is 19.3. The summed E-state index contributed by atoms with van der Waals surface area (Å²) in [5, 5.41) is 5.13. The van der Waals surface area contributed by atoms with E-state index >= 15 is 0 Å². The normalized spacial score (nSPS) is 13.1. The van der Waals surface area contributed by atoms with Crippen molar-refractivity contribution >= 4 is 22.4 Å². The largest absolute Gasteiger partial charge is 0.493 e. The van der Waals surface area contributed by atoms with Crippen molar-refractivity contribution < 1.29 is 27.9 Å². The number of alkyl halides is 2. The molecule has 2 N–H and O–H groups in total. The van der Waals surface area contributed by atoms with Gasteiger partial charge < -0.3 is 19.7 Å². The first-order valence-corrected chi connectivity index (χ1v) is 9.61. The summed E-state index contributed by atoms with van der Waals surface area (Å²) in [6, 6.07) is 18.2. The number of hydrogen-bond donors (Lipinski definition) is 2. The molecular weight excluding hydrogens is 390 g/mol. The average Bonchev–Trinajstić information content (AvgIpc) is 2.73. The predicted molar refractivity (Wildman–Crippen MR) is 112 cm³/mol. The molecule has 7 heteroatoms. The van der Waals surface area contributed by atoms with Gasteiger partial charge in [0.05, 0.1) is 14.2 Å². The highest BCUT2D eigenvalue weighted by molar-refractivity contribution is 5.96. The van der Waals surface area contributed by atoms with E-state index in [0.29, 0.717) is 6.54 Å². The Kier molecular flexibility index (Phi) is 6.84. The van der Waals surface area contributed by atoms with Gasteiger partial charge in [0.2, 0.25) is 0 Å². The van der Waals surface area contributed by atoms with Crippen LogP contribution >= 0.6 is 0 Å². The number of hydrogen-bond acceptors (Lipinski definition) is 3. The molecule has 2 atom stereocenters. The summed E-state index contributed by atoms with van der Waals surface area (Å²) < 4.78 is 34.6. The first-order valence-electron chi connectivity index (χ1n) is 9.61. The summed E-state index contributed by atoms with van der Waals surface area (Å²) in [6.45, 7) is -0.564. The maximum absolute atomic E-state index is 12.7. The summed E-state index contributed by atoms with van der Waals surface area (Å²) in [5.41, 5.74) is 1.59. The zero-order valence-electron chi connectivity index (χ0n) is 17.1. The van der Waals surface area contributed by atoms with Crippen LogP contribution < -0.4 is 19.7 Å². The van der Waals surface area contributed by atoms with Crippen LogP contribution in [0.5, 0.6) is 11.5 Å². The van der Waals surface area contributed by atoms with Gasteiger partial charge in [-0.3, -0.25) is 4.79 Å². The molecule has 0 saturated carbocycles. The van der Waals surface area contributed by atoms with Gasteiger partial charge in [-0.05, 0) is 48.0 Å². The molecule has 0 saturated heterocycles. The molecule has 3 aromatic rings. The third-order valence-corrected chi connectivity index (χ3v) is 5.08. The maximum Gasteiger partial charge on any atom is 0.387 e. The van der Waals surface area contributed by atoms with Crippen molar-refractivity contribution in [2.75, 3.05) is 19.5 Å². The third kappa shape index (κ3) is 5.24. The van der Waals surface area contributed by atoms with E-state index in [-0.39, 0.29) is 23.4 Å². The van der Waals surface area contributed by atoms with Crippen molar-refractivity contribution in [1.82, 2.24) is 0 Å². The quantitative estimate of drug-likeness (QED) is 0.592. The van der Waals surface area contributed by atoms with E-state index in [0.717, 1.165) is 26.9 Å². The molecule has 1 unspecified atom stereocenters. The number of halogens is 2. The minimum atomic E-state index is -2.92. The molecule has 5 nitrogen and oxygen atoms in total. The number of rotatable bonds is 8. The molecule has 158 valence electrons. The first-order chi connectivity index (χ1) is 14.4. The number of carbonyl (C=O) groups is 1. The van der Waals surface area contributed by atoms with Crippen molar-refractivity contribution in [3.8, 4) is 11.5 Å². The lowest BCUT2D eigenvalue weighted by atomic mass is 10.1. The number of anilines is 1. The van der Waals surface area contributed by atoms with Crippen LogP contribution in [0.15, 0.2) is 60.7 Å². The topological polar surface area (TPSA) is 52.0 Å². The van der Waals surface area contributed by atoms with E-state index in [9.17, 15) is 13.6 Å². The van der Waals surface area contributed by atoms with Gasteiger partial charge in [0.25, 0.3) is 5.91 Å². The van der Waals surface area contributed by atoms with Crippen molar-refractivity contribution in [2.45, 2.75) is 26.1 Å². The fraction of sp³-hybridized carbons (Fsp3) is 0.261. The Hall–Kier alpha value is -3.19. The smallest absolute Gasteiger partial charge is 0.387 e. The molecule has 30 heavy (non-hydrogen) atoms. The van der Waals surface area contributed by atoms with Crippen LogP contribution in [0.2, 0.25) is 0 Å². The summed E-state index contributed by atoms with van der Waals surface area (Å²) in [5.74, 6) is 0.109. The Morgan fingerprint density at radius 1 is 1.03 bits per heavy atom. The maximum atomic E-state index is 12.7. The number of quaternary nitrogens is 1. The van der Waals surface area contributed by atoms with Crippen molar-refractivity contribution in [3.63, 3.8) is 0 Å². The lowest BCUT2D eigenvalue weighted by Crippen LogP contribution is -3.12. The van der Waals surface area contributed by atoms with Crippen molar-refractivity contribution in [3.05, 3.63) is 66.2 Å². The molecule has 0 radical (unpaired) electrons. The number of carbonyl (C=O) groups excluding carboxylic acids is 1. The Morgan fingerprint density at radius 3 is 2.47 bits per heavy atom. The van der Waals surface area contributed by atoms with Gasteiger partial charge >= 0.3 is 6.61 Å². The second kappa shape index (κ2) is 9.54. The molecule has 0 bridgehead atoms. The Labute approximate surface area is 174 Å². The molecule has 3 rings (SSSR count). The lowest BCUT2D eigenvalue weighted by Gasteiger charge is -2.22. The van der Waals surface area contributed by atoms with Crippen LogP contribution in [0.4, 0.5) is 14.5 Å². The fourth-order valence-corrected chi connectivity index (χ4v) is 3.23. The van der Waals surface area contributed by atoms with Crippen LogP contribution in [0.1, 0.15) is 12.5 Å². The van der Waals surface area contributed by atoms with Crippen LogP contribution in [0, 0.1) is 0 Å². The van der Waals surface area contributed by atoms with E-state index in [1.165, 1.54) is 13.2 Å². The van der Waals surface area contributed by atoms with Crippen LogP contribution in [-0.2, 0) is 11.3 Å². The highest BCUT2D eigenvalue weighted by Crippen LogP contribution is 2.29. The van der Waals surface area contributed by atoms with E-state index in [2.05, 4.69) is 10.1 Å². The number of fused-ring (bicyclic) bond motifs is 1. The summed E-state index contributed by atoms with van der Waals surface area (Å²) >= 11 is 0. The SMILES string of the molecule is COc1cc(C[NH+](C)[C@H](C)C(=O)Nc2ccc3ccccc3c2)ccc1OC(F)F. The van der Waals surface area contributed by atoms with Gasteiger partial charge in [0.15, 0.2) is 17.5 Å². The molecule has 0 aliphatic rings. The molecule has 0 aliphatic carbocycles. The Morgan fingerprint density at radius 2 is 1.77 bits per heavy atom. The minimum absolute atomic E-state index is 0.0176. The van der Waals surface area contributed by atoms with E-state index in [1.54, 1.807) is 12.1 Å². The number of ether oxygens (including phenoxy) is 2. The Bertz CT molecular complexity index is 1030. The van der Waals surface area contributed by atoms with Gasteiger partial charge in [-0.15, -0.1) is 0 Å². The zero-order valence-corrected chi connectivity index (χ0v) is 17.1. The molecule has 0 aliphatic heterocycles. The van der Waals surface area contributed by atoms with Gasteiger partial charge in [-0.2, -0.15) is 8.78 Å². The first kappa shape index (κ1) is 21.5. The molecular formula is C23H25F2N2O3+. The minimum Gasteiger partial charge on any atom is -0.493 e. The lowest BCUT2D eigenvalue weighted by molar-refractivity contribution is -0.907. The summed E-state index contributed by atoms with van der Waals surface area (Å²) in [4.78, 5) is 13.7. The van der Waals surface area contributed by atoms with E-state index < -0.39 is 6.61 Å². The Balaban J connectivity index is 1.65. The molecule has 0 aromatic heterocycles.